The number of aliphatic carboxylic acids is 1. The van der Waals surface area contributed by atoms with Gasteiger partial charge in [-0.25, -0.2) is 4.79 Å². The molecular weight excluding hydrogens is 484 g/mol. The maximum atomic E-state index is 12.8. The molecule has 2 atom stereocenters. The number of hydrogen-bond donors (Lipinski definition) is 3. The number of hydrogen-bond acceptors (Lipinski definition) is 5. The van der Waals surface area contributed by atoms with Crippen LogP contribution in [0.1, 0.15) is 37.5 Å². The second-order valence-electron chi connectivity index (χ2n) is 9.36. The summed E-state index contributed by atoms with van der Waals surface area (Å²) in [5.74, 6) is -1.32. The Morgan fingerprint density at radius 3 is 1.82 bits per heavy atom. The highest BCUT2D eigenvalue weighted by atomic mass is 16.5. The second kappa shape index (κ2) is 13.8. The lowest BCUT2D eigenvalue weighted by atomic mass is 10.0. The molecule has 0 aromatic heterocycles. The summed E-state index contributed by atoms with van der Waals surface area (Å²) in [6.07, 6.45) is 0.0205. The third-order valence-electron chi connectivity index (χ3n) is 5.84. The molecule has 3 rings (SSSR count). The molecule has 3 aromatic carbocycles. The lowest BCUT2D eigenvalue weighted by Gasteiger charge is -2.23. The van der Waals surface area contributed by atoms with Gasteiger partial charge in [0.2, 0.25) is 11.8 Å². The van der Waals surface area contributed by atoms with Gasteiger partial charge in [0.05, 0.1) is 0 Å². The summed E-state index contributed by atoms with van der Waals surface area (Å²) in [5.41, 5.74) is 2.62. The summed E-state index contributed by atoms with van der Waals surface area (Å²) in [6, 6.07) is 22.6. The average Bonchev–Trinajstić information content (AvgIpc) is 2.90. The predicted molar refractivity (Wildman–Crippen MR) is 144 cm³/mol. The SMILES string of the molecule is CC(=O)N[C@@H](C(=O)N[C@@H](Cc1ccc(OCc2ccccc2)c(OCc2ccccc2)c1)C(=O)O)C(C)C. The first-order valence-corrected chi connectivity index (χ1v) is 12.5. The zero-order valence-electron chi connectivity index (χ0n) is 21.8. The highest BCUT2D eigenvalue weighted by molar-refractivity contribution is 5.90. The van der Waals surface area contributed by atoms with E-state index in [4.69, 9.17) is 9.47 Å². The van der Waals surface area contributed by atoms with Crippen LogP contribution in [-0.2, 0) is 34.0 Å². The predicted octanol–water partition coefficient (Wildman–Crippen LogP) is 4.12. The molecule has 0 aliphatic carbocycles. The fourth-order valence-electron chi connectivity index (χ4n) is 3.83. The fourth-order valence-corrected chi connectivity index (χ4v) is 3.83. The smallest absolute Gasteiger partial charge is 0.326 e. The number of carbonyl (C=O) groups excluding carboxylic acids is 2. The van der Waals surface area contributed by atoms with Crippen molar-refractivity contribution in [1.82, 2.24) is 10.6 Å². The van der Waals surface area contributed by atoms with Gasteiger partial charge >= 0.3 is 5.97 Å². The van der Waals surface area contributed by atoms with Gasteiger partial charge < -0.3 is 25.2 Å². The summed E-state index contributed by atoms with van der Waals surface area (Å²) in [4.78, 5) is 36.3. The van der Waals surface area contributed by atoms with Gasteiger partial charge in [-0.1, -0.05) is 80.6 Å². The monoisotopic (exact) mass is 518 g/mol. The summed E-state index contributed by atoms with van der Waals surface area (Å²) in [7, 11) is 0. The van der Waals surface area contributed by atoms with Gasteiger partial charge in [0, 0.05) is 13.3 Å². The van der Waals surface area contributed by atoms with Crippen LogP contribution in [0.15, 0.2) is 78.9 Å². The lowest BCUT2D eigenvalue weighted by molar-refractivity contribution is -0.142. The van der Waals surface area contributed by atoms with Crippen LogP contribution < -0.4 is 20.1 Å². The quantitative estimate of drug-likeness (QED) is 0.314. The first-order valence-electron chi connectivity index (χ1n) is 12.5. The highest BCUT2D eigenvalue weighted by Gasteiger charge is 2.28. The van der Waals surface area contributed by atoms with Crippen LogP contribution in [0.2, 0.25) is 0 Å². The number of ether oxygens (including phenoxy) is 2. The van der Waals surface area contributed by atoms with Crippen molar-refractivity contribution < 1.29 is 29.0 Å². The molecule has 3 N–H and O–H groups in total. The molecule has 0 unspecified atom stereocenters. The van der Waals surface area contributed by atoms with E-state index in [-0.39, 0.29) is 18.2 Å². The molecule has 0 fully saturated rings. The third-order valence-corrected chi connectivity index (χ3v) is 5.84. The van der Waals surface area contributed by atoms with E-state index in [0.29, 0.717) is 30.3 Å². The topological polar surface area (TPSA) is 114 Å². The third kappa shape index (κ3) is 8.65. The van der Waals surface area contributed by atoms with Crippen LogP contribution in [0.4, 0.5) is 0 Å². The molecule has 0 saturated heterocycles. The maximum absolute atomic E-state index is 12.8. The summed E-state index contributed by atoms with van der Waals surface area (Å²) >= 11 is 0. The van der Waals surface area contributed by atoms with Crippen molar-refractivity contribution in [2.75, 3.05) is 0 Å². The molecule has 0 bridgehead atoms. The van der Waals surface area contributed by atoms with Gasteiger partial charge in [0.1, 0.15) is 25.3 Å². The standard InChI is InChI=1S/C30H34N2O6/c1-20(2)28(31-21(3)33)29(34)32-25(30(35)36)16-24-14-15-26(37-18-22-10-6-4-7-11-22)27(17-24)38-19-23-12-8-5-9-13-23/h4-15,17,20,25,28H,16,18-19H2,1-3H3,(H,31,33)(H,32,34)(H,35,36)/t25-,28+/m0/s1. The molecule has 0 aliphatic heterocycles. The molecular formula is C30H34N2O6. The van der Waals surface area contributed by atoms with Crippen molar-refractivity contribution in [3.63, 3.8) is 0 Å². The lowest BCUT2D eigenvalue weighted by Crippen LogP contribution is -2.53. The fraction of sp³-hybridized carbons (Fsp3) is 0.300. The van der Waals surface area contributed by atoms with Crippen molar-refractivity contribution in [2.24, 2.45) is 5.92 Å². The van der Waals surface area contributed by atoms with Crippen molar-refractivity contribution in [2.45, 2.75) is 52.5 Å². The number of benzene rings is 3. The zero-order chi connectivity index (χ0) is 27.5. The minimum atomic E-state index is -1.20. The normalized spacial score (nSPS) is 12.3. The van der Waals surface area contributed by atoms with Crippen molar-refractivity contribution >= 4 is 17.8 Å². The number of nitrogens with one attached hydrogen (secondary N) is 2. The van der Waals surface area contributed by atoms with E-state index < -0.39 is 24.0 Å². The molecule has 200 valence electrons. The van der Waals surface area contributed by atoms with Gasteiger partial charge in [-0.05, 0) is 34.7 Å². The van der Waals surface area contributed by atoms with E-state index in [9.17, 15) is 19.5 Å². The maximum Gasteiger partial charge on any atom is 0.326 e. The highest BCUT2D eigenvalue weighted by Crippen LogP contribution is 2.30. The second-order valence-corrected chi connectivity index (χ2v) is 9.36. The Morgan fingerprint density at radius 2 is 1.32 bits per heavy atom. The first-order chi connectivity index (χ1) is 18.2. The molecule has 0 spiro atoms. The van der Waals surface area contributed by atoms with Gasteiger partial charge in [0.15, 0.2) is 11.5 Å². The van der Waals surface area contributed by atoms with E-state index in [1.807, 2.05) is 60.7 Å². The minimum absolute atomic E-state index is 0.0205. The Hall–Kier alpha value is -4.33. The molecule has 8 nitrogen and oxygen atoms in total. The Morgan fingerprint density at radius 1 is 0.763 bits per heavy atom. The number of carbonyl (C=O) groups is 3. The number of amides is 2. The van der Waals surface area contributed by atoms with E-state index in [2.05, 4.69) is 10.6 Å². The molecule has 0 radical (unpaired) electrons. The van der Waals surface area contributed by atoms with Crippen LogP contribution in [0.25, 0.3) is 0 Å². The van der Waals surface area contributed by atoms with Gasteiger partial charge in [-0.15, -0.1) is 0 Å². The molecule has 3 aromatic rings. The zero-order valence-corrected chi connectivity index (χ0v) is 21.8. The summed E-state index contributed by atoms with van der Waals surface area (Å²) < 4.78 is 12.1. The minimum Gasteiger partial charge on any atom is -0.485 e. The van der Waals surface area contributed by atoms with Crippen molar-refractivity contribution in [1.29, 1.82) is 0 Å². The van der Waals surface area contributed by atoms with Gasteiger partial charge in [-0.2, -0.15) is 0 Å². The van der Waals surface area contributed by atoms with E-state index in [0.717, 1.165) is 11.1 Å². The molecule has 0 heterocycles. The van der Waals surface area contributed by atoms with Crippen LogP contribution in [0.3, 0.4) is 0 Å². The first kappa shape index (κ1) is 28.2. The van der Waals surface area contributed by atoms with Crippen LogP contribution in [-0.4, -0.2) is 35.0 Å². The Labute approximate surface area is 223 Å². The summed E-state index contributed by atoms with van der Waals surface area (Å²) in [6.45, 7) is 5.52. The average molecular weight is 519 g/mol. The van der Waals surface area contributed by atoms with Crippen molar-refractivity contribution in [3.05, 3.63) is 95.6 Å². The number of carboxylic acids is 1. The Kier molecular flexibility index (Phi) is 10.3. The molecule has 0 aliphatic rings. The van der Waals surface area contributed by atoms with Crippen LogP contribution in [0.5, 0.6) is 11.5 Å². The van der Waals surface area contributed by atoms with E-state index in [1.54, 1.807) is 32.0 Å². The molecule has 2 amide bonds. The van der Waals surface area contributed by atoms with Crippen molar-refractivity contribution in [3.8, 4) is 11.5 Å². The van der Waals surface area contributed by atoms with E-state index in [1.165, 1.54) is 6.92 Å². The largest absolute Gasteiger partial charge is 0.485 e. The molecule has 8 heteroatoms. The number of rotatable bonds is 13. The van der Waals surface area contributed by atoms with Gasteiger partial charge in [-0.3, -0.25) is 9.59 Å². The van der Waals surface area contributed by atoms with Crippen LogP contribution >= 0.6 is 0 Å². The van der Waals surface area contributed by atoms with E-state index >= 15 is 0 Å². The Balaban J connectivity index is 1.79. The molecule has 0 saturated carbocycles. The Bertz CT molecular complexity index is 1210. The summed E-state index contributed by atoms with van der Waals surface area (Å²) in [5, 5.41) is 15.0. The number of carboxylic acid groups (broad SMARTS) is 1. The molecule has 38 heavy (non-hydrogen) atoms. The van der Waals surface area contributed by atoms with Gasteiger partial charge in [0.25, 0.3) is 0 Å². The van der Waals surface area contributed by atoms with Crippen LogP contribution in [0, 0.1) is 5.92 Å².